The molecule has 1 unspecified atom stereocenters. The summed E-state index contributed by atoms with van der Waals surface area (Å²) in [5.41, 5.74) is 4.12. The van der Waals surface area contributed by atoms with Gasteiger partial charge < -0.3 is 19.0 Å². The molecule has 1 saturated heterocycles. The third-order valence-corrected chi connectivity index (χ3v) is 6.34. The summed E-state index contributed by atoms with van der Waals surface area (Å²) in [6, 6.07) is 12.6. The first-order valence-electron chi connectivity index (χ1n) is 11.1. The molecule has 2 atom stereocenters. The maximum Gasteiger partial charge on any atom is 0.234 e. The number of piperidine rings is 1. The van der Waals surface area contributed by atoms with Gasteiger partial charge in [0.05, 0.1) is 24.8 Å². The maximum absolute atomic E-state index is 13.5. The Labute approximate surface area is 192 Å². The number of halogens is 1. The Morgan fingerprint density at radius 3 is 2.70 bits per heavy atom. The Hall–Kier alpha value is -3.61. The zero-order chi connectivity index (χ0) is 23.2. The SMILES string of the molecule is COc1cc(C=C2C[C@@H](C)CN3C2=NOC3(C)c2ccc(F)cc2)ccc1-n1cnc(C)c1. The lowest BCUT2D eigenvalue weighted by Gasteiger charge is -2.40. The summed E-state index contributed by atoms with van der Waals surface area (Å²) in [5, 5.41) is 4.47. The number of aromatic nitrogens is 2. The first-order valence-corrected chi connectivity index (χ1v) is 11.1. The highest BCUT2D eigenvalue weighted by atomic mass is 19.1. The topological polar surface area (TPSA) is 51.9 Å². The Morgan fingerprint density at radius 2 is 2.00 bits per heavy atom. The summed E-state index contributed by atoms with van der Waals surface area (Å²) in [7, 11) is 1.67. The van der Waals surface area contributed by atoms with Crippen LogP contribution in [-0.4, -0.2) is 33.9 Å². The molecule has 3 heterocycles. The average molecular weight is 447 g/mol. The van der Waals surface area contributed by atoms with Crippen molar-refractivity contribution in [3.05, 3.63) is 83.2 Å². The van der Waals surface area contributed by atoms with Crippen molar-refractivity contribution < 1.29 is 14.0 Å². The van der Waals surface area contributed by atoms with E-state index in [2.05, 4.69) is 34.1 Å². The third-order valence-electron chi connectivity index (χ3n) is 6.34. The van der Waals surface area contributed by atoms with Gasteiger partial charge in [0.25, 0.3) is 0 Å². The quantitative estimate of drug-likeness (QED) is 0.548. The van der Waals surface area contributed by atoms with E-state index in [0.29, 0.717) is 5.92 Å². The molecule has 3 aromatic rings. The number of nitrogens with zero attached hydrogens (tertiary/aromatic N) is 4. The molecule has 33 heavy (non-hydrogen) atoms. The van der Waals surface area contributed by atoms with Crippen molar-refractivity contribution in [3.8, 4) is 11.4 Å². The van der Waals surface area contributed by atoms with Crippen LogP contribution in [0.4, 0.5) is 4.39 Å². The highest BCUT2D eigenvalue weighted by molar-refractivity contribution is 6.03. The van der Waals surface area contributed by atoms with E-state index < -0.39 is 5.72 Å². The minimum absolute atomic E-state index is 0.266. The van der Waals surface area contributed by atoms with Crippen molar-refractivity contribution in [1.82, 2.24) is 14.5 Å². The molecular formula is C26H27FN4O2. The fraction of sp³-hybridized carbons (Fsp3) is 0.308. The van der Waals surface area contributed by atoms with E-state index in [-0.39, 0.29) is 5.82 Å². The second kappa shape index (κ2) is 8.06. The molecule has 2 aliphatic heterocycles. The minimum Gasteiger partial charge on any atom is -0.495 e. The van der Waals surface area contributed by atoms with Gasteiger partial charge in [0.2, 0.25) is 5.72 Å². The van der Waals surface area contributed by atoms with Gasteiger partial charge in [0.1, 0.15) is 11.6 Å². The minimum atomic E-state index is -0.766. The van der Waals surface area contributed by atoms with Gasteiger partial charge >= 0.3 is 0 Å². The van der Waals surface area contributed by atoms with Crippen molar-refractivity contribution in [2.75, 3.05) is 13.7 Å². The molecule has 1 aromatic heterocycles. The monoisotopic (exact) mass is 446 g/mol. The van der Waals surface area contributed by atoms with Gasteiger partial charge in [-0.15, -0.1) is 0 Å². The van der Waals surface area contributed by atoms with E-state index in [0.717, 1.165) is 52.6 Å². The van der Waals surface area contributed by atoms with Crippen molar-refractivity contribution >= 4 is 11.9 Å². The number of ether oxygens (including phenoxy) is 1. The van der Waals surface area contributed by atoms with E-state index in [4.69, 9.17) is 9.57 Å². The summed E-state index contributed by atoms with van der Waals surface area (Å²) in [4.78, 5) is 12.5. The molecule has 2 aliphatic rings. The maximum atomic E-state index is 13.5. The number of methoxy groups -OCH3 is 1. The Kier molecular flexibility index (Phi) is 5.19. The van der Waals surface area contributed by atoms with Crippen LogP contribution in [0.25, 0.3) is 11.8 Å². The number of rotatable bonds is 4. The predicted octanol–water partition coefficient (Wildman–Crippen LogP) is 5.27. The molecule has 0 bridgehead atoms. The second-order valence-corrected chi connectivity index (χ2v) is 8.94. The standard InChI is InChI=1S/C26H27FN4O2/c1-17-11-20(12-19-5-10-23(24(13-19)32-4)30-15-18(2)28-16-30)25-29-33-26(3,31(25)14-17)21-6-8-22(27)9-7-21/h5-10,12-13,15-17H,11,14H2,1-4H3/t17-,26?/m1/s1. The summed E-state index contributed by atoms with van der Waals surface area (Å²) >= 11 is 0. The normalized spacial score (nSPS) is 23.3. The molecule has 0 radical (unpaired) electrons. The number of benzene rings is 2. The summed E-state index contributed by atoms with van der Waals surface area (Å²) in [6.07, 6.45) is 6.79. The largest absolute Gasteiger partial charge is 0.495 e. The Morgan fingerprint density at radius 1 is 1.21 bits per heavy atom. The summed E-state index contributed by atoms with van der Waals surface area (Å²) in [6.45, 7) is 6.98. The van der Waals surface area contributed by atoms with Crippen molar-refractivity contribution in [2.45, 2.75) is 32.9 Å². The van der Waals surface area contributed by atoms with Gasteiger partial charge in [-0.25, -0.2) is 9.37 Å². The van der Waals surface area contributed by atoms with E-state index >= 15 is 0 Å². The van der Waals surface area contributed by atoms with Crippen LogP contribution < -0.4 is 4.74 Å². The summed E-state index contributed by atoms with van der Waals surface area (Å²) < 4.78 is 21.1. The van der Waals surface area contributed by atoms with Crippen molar-refractivity contribution in [1.29, 1.82) is 0 Å². The second-order valence-electron chi connectivity index (χ2n) is 8.94. The number of amidine groups is 1. The van der Waals surface area contributed by atoms with Crippen LogP contribution in [0.15, 0.2) is 65.7 Å². The Balaban J connectivity index is 1.48. The number of aryl methyl sites for hydroxylation is 1. The van der Waals surface area contributed by atoms with Gasteiger partial charge in [-0.2, -0.15) is 0 Å². The number of hydrogen-bond acceptors (Lipinski definition) is 5. The molecule has 5 rings (SSSR count). The van der Waals surface area contributed by atoms with Gasteiger partial charge in [0, 0.05) is 25.2 Å². The van der Waals surface area contributed by atoms with Crippen LogP contribution in [0.2, 0.25) is 0 Å². The number of fused-ring (bicyclic) bond motifs is 1. The van der Waals surface area contributed by atoms with Gasteiger partial charge in [0.15, 0.2) is 5.84 Å². The third kappa shape index (κ3) is 3.77. The molecule has 1 fully saturated rings. The van der Waals surface area contributed by atoms with Crippen LogP contribution in [0, 0.1) is 18.7 Å². The fourth-order valence-electron chi connectivity index (χ4n) is 4.61. The van der Waals surface area contributed by atoms with E-state index in [1.807, 2.05) is 36.7 Å². The first-order chi connectivity index (χ1) is 15.9. The van der Waals surface area contributed by atoms with Gasteiger partial charge in [-0.05, 0) is 60.7 Å². The highest BCUT2D eigenvalue weighted by Crippen LogP contribution is 2.41. The molecule has 0 amide bonds. The predicted molar refractivity (Wildman–Crippen MR) is 126 cm³/mol. The molecule has 0 saturated carbocycles. The molecule has 6 nitrogen and oxygen atoms in total. The van der Waals surface area contributed by atoms with E-state index in [1.54, 1.807) is 25.6 Å². The van der Waals surface area contributed by atoms with Crippen molar-refractivity contribution in [2.24, 2.45) is 11.1 Å². The van der Waals surface area contributed by atoms with Crippen LogP contribution in [0.3, 0.4) is 0 Å². The fourth-order valence-corrected chi connectivity index (χ4v) is 4.61. The molecular weight excluding hydrogens is 419 g/mol. The molecule has 0 spiro atoms. The number of hydrogen-bond donors (Lipinski definition) is 0. The highest BCUT2D eigenvalue weighted by Gasteiger charge is 2.47. The van der Waals surface area contributed by atoms with Crippen molar-refractivity contribution in [3.63, 3.8) is 0 Å². The van der Waals surface area contributed by atoms with Crippen LogP contribution >= 0.6 is 0 Å². The number of imidazole rings is 1. The van der Waals surface area contributed by atoms with E-state index in [1.165, 1.54) is 12.1 Å². The lowest BCUT2D eigenvalue weighted by Crippen LogP contribution is -2.49. The van der Waals surface area contributed by atoms with Gasteiger partial charge in [-0.1, -0.05) is 30.3 Å². The average Bonchev–Trinajstić information content (AvgIpc) is 3.38. The summed E-state index contributed by atoms with van der Waals surface area (Å²) in [5.74, 6) is 1.74. The molecule has 0 N–H and O–H groups in total. The zero-order valence-corrected chi connectivity index (χ0v) is 19.2. The molecule has 2 aromatic carbocycles. The lowest BCUT2D eigenvalue weighted by molar-refractivity contribution is -0.0948. The lowest BCUT2D eigenvalue weighted by atomic mass is 9.90. The van der Waals surface area contributed by atoms with Crippen LogP contribution in [0.5, 0.6) is 5.75 Å². The molecule has 0 aliphatic carbocycles. The Bertz CT molecular complexity index is 1250. The van der Waals surface area contributed by atoms with Crippen LogP contribution in [-0.2, 0) is 10.6 Å². The smallest absolute Gasteiger partial charge is 0.234 e. The molecule has 7 heteroatoms. The molecule has 170 valence electrons. The first kappa shape index (κ1) is 21.2. The van der Waals surface area contributed by atoms with Gasteiger partial charge in [-0.3, -0.25) is 0 Å². The number of oxime groups is 1. The van der Waals surface area contributed by atoms with E-state index in [9.17, 15) is 4.39 Å². The van der Waals surface area contributed by atoms with Crippen LogP contribution in [0.1, 0.15) is 37.1 Å². The zero-order valence-electron chi connectivity index (χ0n) is 19.2.